The van der Waals surface area contributed by atoms with E-state index in [0.717, 1.165) is 12.1 Å². The normalized spacial score (nSPS) is 20.4. The number of aromatic nitrogens is 2. The minimum Gasteiger partial charge on any atom is -0.390 e. The van der Waals surface area contributed by atoms with E-state index in [1.54, 1.807) is 7.11 Å². The molecule has 1 saturated carbocycles. The summed E-state index contributed by atoms with van der Waals surface area (Å²) in [5.41, 5.74) is 1.09. The lowest BCUT2D eigenvalue weighted by Gasteiger charge is -2.32. The van der Waals surface area contributed by atoms with E-state index in [0.29, 0.717) is 12.3 Å². The smallest absolute Gasteiger partial charge is 0.0861 e. The van der Waals surface area contributed by atoms with Gasteiger partial charge in [-0.05, 0) is 31.2 Å². The summed E-state index contributed by atoms with van der Waals surface area (Å²) in [4.78, 5) is 0. The minimum atomic E-state index is -0.428. The molecule has 2 unspecified atom stereocenters. The van der Waals surface area contributed by atoms with Crippen molar-refractivity contribution in [1.29, 1.82) is 0 Å². The van der Waals surface area contributed by atoms with E-state index in [-0.39, 0.29) is 6.10 Å². The lowest BCUT2D eigenvalue weighted by atomic mass is 9.82. The fraction of sp³-hybridized carbons (Fsp3) is 0.800. The molecule has 0 amide bonds. The molecule has 1 aromatic rings. The Morgan fingerprint density at radius 2 is 2.16 bits per heavy atom. The first-order valence-corrected chi connectivity index (χ1v) is 7.46. The second-order valence-electron chi connectivity index (χ2n) is 5.57. The van der Waals surface area contributed by atoms with Crippen molar-refractivity contribution in [2.75, 3.05) is 7.11 Å². The average molecular weight is 266 g/mol. The lowest BCUT2D eigenvalue weighted by molar-refractivity contribution is -0.0535. The van der Waals surface area contributed by atoms with Gasteiger partial charge in [-0.25, -0.2) is 0 Å². The first-order chi connectivity index (χ1) is 9.24. The maximum atomic E-state index is 10.4. The van der Waals surface area contributed by atoms with Crippen molar-refractivity contribution in [2.45, 2.75) is 64.2 Å². The van der Waals surface area contributed by atoms with Crippen LogP contribution >= 0.6 is 0 Å². The van der Waals surface area contributed by atoms with E-state index in [1.807, 2.05) is 17.1 Å². The molecule has 1 aromatic heterocycles. The first kappa shape index (κ1) is 14.5. The molecular weight excluding hydrogens is 240 g/mol. The molecule has 0 bridgehead atoms. The molecule has 4 heteroatoms. The summed E-state index contributed by atoms with van der Waals surface area (Å²) in [6, 6.07) is 0. The van der Waals surface area contributed by atoms with Crippen LogP contribution in [0.2, 0.25) is 0 Å². The van der Waals surface area contributed by atoms with Crippen molar-refractivity contribution in [1.82, 2.24) is 9.78 Å². The van der Waals surface area contributed by atoms with Gasteiger partial charge in [0.1, 0.15) is 0 Å². The molecule has 1 N–H and O–H groups in total. The number of hydrogen-bond acceptors (Lipinski definition) is 3. The van der Waals surface area contributed by atoms with Gasteiger partial charge in [0.25, 0.3) is 0 Å². The van der Waals surface area contributed by atoms with Crippen molar-refractivity contribution in [2.24, 2.45) is 5.92 Å². The van der Waals surface area contributed by atoms with Gasteiger partial charge in [0.2, 0.25) is 0 Å². The monoisotopic (exact) mass is 266 g/mol. The van der Waals surface area contributed by atoms with Gasteiger partial charge < -0.3 is 9.84 Å². The quantitative estimate of drug-likeness (QED) is 0.860. The lowest BCUT2D eigenvalue weighted by Crippen LogP contribution is -2.37. The average Bonchev–Trinajstić information content (AvgIpc) is 2.88. The third-order valence-electron chi connectivity index (χ3n) is 4.22. The summed E-state index contributed by atoms with van der Waals surface area (Å²) in [5, 5.41) is 14.7. The van der Waals surface area contributed by atoms with E-state index in [4.69, 9.17) is 4.74 Å². The molecule has 0 aliphatic heterocycles. The van der Waals surface area contributed by atoms with Gasteiger partial charge >= 0.3 is 0 Å². The molecular formula is C15H26N2O2. The Morgan fingerprint density at radius 1 is 1.42 bits per heavy atom. The predicted molar refractivity (Wildman–Crippen MR) is 75.0 cm³/mol. The van der Waals surface area contributed by atoms with Crippen LogP contribution in [0.5, 0.6) is 0 Å². The number of aliphatic hydroxyl groups is 1. The number of aryl methyl sites for hydroxylation is 1. The minimum absolute atomic E-state index is 0.0368. The first-order valence-electron chi connectivity index (χ1n) is 7.46. The Morgan fingerprint density at radius 3 is 2.74 bits per heavy atom. The zero-order valence-corrected chi connectivity index (χ0v) is 12.1. The fourth-order valence-corrected chi connectivity index (χ4v) is 3.17. The second kappa shape index (κ2) is 7.06. The standard InChI is InChI=1S/C15H26N2O2/c1-3-17-11-12(10-16-17)9-14(18)15(19-2)13-7-5-4-6-8-13/h10-11,13-15,18H,3-9H2,1-2H3. The summed E-state index contributed by atoms with van der Waals surface area (Å²) in [5.74, 6) is 0.509. The molecule has 1 heterocycles. The number of ether oxygens (including phenoxy) is 1. The van der Waals surface area contributed by atoms with Crippen LogP contribution in [0.4, 0.5) is 0 Å². The highest BCUT2D eigenvalue weighted by Crippen LogP contribution is 2.30. The van der Waals surface area contributed by atoms with Gasteiger partial charge in [-0.1, -0.05) is 19.3 Å². The summed E-state index contributed by atoms with van der Waals surface area (Å²) < 4.78 is 7.47. The second-order valence-corrected chi connectivity index (χ2v) is 5.57. The molecule has 108 valence electrons. The zero-order chi connectivity index (χ0) is 13.7. The zero-order valence-electron chi connectivity index (χ0n) is 12.1. The number of nitrogens with zero attached hydrogens (tertiary/aromatic N) is 2. The molecule has 0 spiro atoms. The molecule has 2 rings (SSSR count). The van der Waals surface area contributed by atoms with Crippen molar-refractivity contribution < 1.29 is 9.84 Å². The Kier molecular flexibility index (Phi) is 5.40. The van der Waals surface area contributed by atoms with Gasteiger partial charge in [-0.15, -0.1) is 0 Å². The molecule has 19 heavy (non-hydrogen) atoms. The summed E-state index contributed by atoms with van der Waals surface area (Å²) in [6.07, 6.45) is 10.3. The molecule has 1 aliphatic rings. The van der Waals surface area contributed by atoms with E-state index in [9.17, 15) is 5.11 Å². The van der Waals surface area contributed by atoms with Gasteiger partial charge in [-0.2, -0.15) is 5.10 Å². The highest BCUT2D eigenvalue weighted by molar-refractivity contribution is 5.06. The number of hydrogen-bond donors (Lipinski definition) is 1. The highest BCUT2D eigenvalue weighted by Gasteiger charge is 2.29. The molecule has 0 radical (unpaired) electrons. The Balaban J connectivity index is 1.93. The molecule has 4 nitrogen and oxygen atoms in total. The van der Waals surface area contributed by atoms with Crippen LogP contribution in [0.25, 0.3) is 0 Å². The molecule has 0 saturated heterocycles. The molecule has 2 atom stereocenters. The third kappa shape index (κ3) is 3.80. The summed E-state index contributed by atoms with van der Waals surface area (Å²) >= 11 is 0. The van der Waals surface area contributed by atoms with Crippen LogP contribution in [0, 0.1) is 5.92 Å². The number of aliphatic hydroxyl groups excluding tert-OH is 1. The van der Waals surface area contributed by atoms with Gasteiger partial charge in [0.05, 0.1) is 18.4 Å². The largest absolute Gasteiger partial charge is 0.390 e. The van der Waals surface area contributed by atoms with Crippen LogP contribution in [-0.4, -0.2) is 34.2 Å². The van der Waals surface area contributed by atoms with E-state index >= 15 is 0 Å². The van der Waals surface area contributed by atoms with Crippen molar-refractivity contribution >= 4 is 0 Å². The van der Waals surface area contributed by atoms with Crippen LogP contribution in [0.15, 0.2) is 12.4 Å². The summed E-state index contributed by atoms with van der Waals surface area (Å²) in [7, 11) is 1.72. The van der Waals surface area contributed by atoms with Crippen molar-refractivity contribution in [3.8, 4) is 0 Å². The van der Waals surface area contributed by atoms with Gasteiger partial charge in [-0.3, -0.25) is 4.68 Å². The maximum Gasteiger partial charge on any atom is 0.0861 e. The van der Waals surface area contributed by atoms with Crippen LogP contribution in [0.1, 0.15) is 44.6 Å². The Labute approximate surface area is 115 Å². The van der Waals surface area contributed by atoms with Crippen LogP contribution in [0.3, 0.4) is 0 Å². The molecule has 0 aromatic carbocycles. The number of rotatable bonds is 6. The highest BCUT2D eigenvalue weighted by atomic mass is 16.5. The molecule has 1 fully saturated rings. The van der Waals surface area contributed by atoms with E-state index < -0.39 is 6.10 Å². The molecule has 1 aliphatic carbocycles. The van der Waals surface area contributed by atoms with Gasteiger partial charge in [0.15, 0.2) is 0 Å². The van der Waals surface area contributed by atoms with Crippen molar-refractivity contribution in [3.63, 3.8) is 0 Å². The van der Waals surface area contributed by atoms with Crippen LogP contribution in [-0.2, 0) is 17.7 Å². The van der Waals surface area contributed by atoms with E-state index in [2.05, 4.69) is 12.0 Å². The SMILES string of the molecule is CCn1cc(CC(O)C(OC)C2CCCCC2)cn1. The Hall–Kier alpha value is -0.870. The fourth-order valence-electron chi connectivity index (χ4n) is 3.17. The van der Waals surface area contributed by atoms with Crippen molar-refractivity contribution in [3.05, 3.63) is 18.0 Å². The number of methoxy groups -OCH3 is 1. The van der Waals surface area contributed by atoms with E-state index in [1.165, 1.54) is 32.1 Å². The topological polar surface area (TPSA) is 47.3 Å². The van der Waals surface area contributed by atoms with Gasteiger partial charge in [0, 0.05) is 26.3 Å². The Bertz CT molecular complexity index is 372. The predicted octanol–water partition coefficient (Wildman–Crippen LogP) is 2.40. The van der Waals surface area contributed by atoms with Crippen LogP contribution < -0.4 is 0 Å². The summed E-state index contributed by atoms with van der Waals surface area (Å²) in [6.45, 7) is 2.93. The third-order valence-corrected chi connectivity index (χ3v) is 4.22. The maximum absolute atomic E-state index is 10.4.